The zero-order valence-electron chi connectivity index (χ0n) is 46.2. The van der Waals surface area contributed by atoms with Crippen molar-refractivity contribution in [2.75, 3.05) is 36.9 Å². The van der Waals surface area contributed by atoms with Crippen molar-refractivity contribution in [2.45, 2.75) is 157 Å². The first-order chi connectivity index (χ1) is 35.8. The average molecular weight is 1140 g/mol. The zero-order valence-corrected chi connectivity index (χ0v) is 47.8. The van der Waals surface area contributed by atoms with Crippen molar-refractivity contribution in [3.63, 3.8) is 0 Å². The van der Waals surface area contributed by atoms with E-state index in [4.69, 9.17) is 28.5 Å². The highest BCUT2D eigenvalue weighted by atomic mass is 32.3. The Hall–Kier alpha value is -7.11. The number of β-lactam (4-membered cyclic amide) rings is 1. The summed E-state index contributed by atoms with van der Waals surface area (Å²) in [6.45, 7) is 24.8. The lowest BCUT2D eigenvalue weighted by Gasteiger charge is -2.51. The number of aryl methyl sites for hydroxylation is 1. The number of likely N-dealkylation sites (tertiary alicyclic amines) is 1. The smallest absolute Gasteiger partial charge is 0.413 e. The van der Waals surface area contributed by atoms with Gasteiger partial charge in [-0.2, -0.15) is 14.0 Å². The quantitative estimate of drug-likeness (QED) is 0.0138. The highest BCUT2D eigenvalue weighted by Crippen LogP contribution is 2.33. The molecule has 0 unspecified atom stereocenters. The van der Waals surface area contributed by atoms with E-state index >= 15 is 0 Å². The molecule has 29 heteroatoms. The lowest BCUT2D eigenvalue weighted by molar-refractivity contribution is -0.781. The molecule has 27 nitrogen and oxygen atoms in total. The lowest BCUT2D eigenvalue weighted by atomic mass is 9.84. The van der Waals surface area contributed by atoms with Crippen molar-refractivity contribution >= 4 is 80.2 Å². The van der Waals surface area contributed by atoms with Crippen molar-refractivity contribution in [2.24, 2.45) is 11.1 Å². The molecule has 5 rings (SSSR count). The molecule has 0 aliphatic carbocycles. The molecule has 3 aromatic rings. The summed E-state index contributed by atoms with van der Waals surface area (Å²) in [5.41, 5.74) is -4.92. The van der Waals surface area contributed by atoms with Crippen LogP contribution in [0.5, 0.6) is 5.75 Å². The summed E-state index contributed by atoms with van der Waals surface area (Å²) in [5, 5.41) is 16.0. The summed E-state index contributed by atoms with van der Waals surface area (Å²) in [7, 11) is -5.37. The number of anilines is 2. The molecule has 6 amide bonds. The lowest BCUT2D eigenvalue weighted by Crippen LogP contribution is -2.76. The van der Waals surface area contributed by atoms with E-state index < -0.39 is 105 Å². The summed E-state index contributed by atoms with van der Waals surface area (Å²) in [6.07, 6.45) is 0.588. The first kappa shape index (κ1) is 61.7. The second kappa shape index (κ2) is 24.3. The third-order valence-electron chi connectivity index (χ3n) is 10.6. The van der Waals surface area contributed by atoms with Gasteiger partial charge in [0.1, 0.15) is 52.2 Å². The molecule has 2 saturated heterocycles. The van der Waals surface area contributed by atoms with Gasteiger partial charge in [0.25, 0.3) is 23.8 Å². The summed E-state index contributed by atoms with van der Waals surface area (Å²) in [6, 6.07) is 4.43. The van der Waals surface area contributed by atoms with Gasteiger partial charge in [-0.05, 0) is 128 Å². The molecule has 1 aromatic carbocycles. The van der Waals surface area contributed by atoms with Crippen LogP contribution in [0, 0.1) is 5.92 Å². The van der Waals surface area contributed by atoms with Crippen LogP contribution in [0.2, 0.25) is 0 Å². The van der Waals surface area contributed by atoms with Crippen LogP contribution in [-0.2, 0) is 65.9 Å². The SMILES string of the molecule is CC(C)(C)OC(=O)NCCCn1cc(NC(=O)c2ccc(OC[C@H](O/N=C(\C(=O)N[C@@H]3C(=O)N(OS(=O)(=O)[O-])C3(C)C)c3csc(NC(=O)OC(C)(C)C)n3)C(=O)OC(C)(C)C)cc2)c[n+]1CC1CN(C(=O)OC(C)(C)C)C1. The number of alkyl carbamates (subject to hydrolysis) is 1. The number of carbonyl (C=O) groups is 7. The van der Waals surface area contributed by atoms with Gasteiger partial charge in [-0.3, -0.25) is 19.7 Å². The number of benzene rings is 1. The Morgan fingerprint density at radius 3 is 2.05 bits per heavy atom. The summed E-state index contributed by atoms with van der Waals surface area (Å²) in [5.74, 6) is -3.39. The van der Waals surface area contributed by atoms with Crippen LogP contribution in [0.15, 0.2) is 47.2 Å². The topological polar surface area (TPSA) is 330 Å². The molecule has 2 atom stereocenters. The van der Waals surface area contributed by atoms with E-state index in [1.54, 1.807) is 100 Å². The van der Waals surface area contributed by atoms with Gasteiger partial charge in [0.15, 0.2) is 17.4 Å². The van der Waals surface area contributed by atoms with Crippen LogP contribution in [-0.4, -0.2) is 147 Å². The Kier molecular flexibility index (Phi) is 19.2. The van der Waals surface area contributed by atoms with E-state index in [1.807, 2.05) is 9.36 Å². The third kappa shape index (κ3) is 18.8. The number of ether oxygens (including phenoxy) is 5. The number of carbonyl (C=O) groups excluding carboxylic acids is 7. The third-order valence-corrected chi connectivity index (χ3v) is 11.7. The van der Waals surface area contributed by atoms with Crippen molar-refractivity contribution < 1.29 is 84.0 Å². The number of rotatable bonds is 20. The molecule has 2 fully saturated rings. The Labute approximate surface area is 456 Å². The van der Waals surface area contributed by atoms with Crippen LogP contribution in [0.4, 0.5) is 25.2 Å². The van der Waals surface area contributed by atoms with Gasteiger partial charge in [0.2, 0.25) is 16.6 Å². The highest BCUT2D eigenvalue weighted by Gasteiger charge is 2.57. The minimum atomic E-state index is -5.37. The largest absolute Gasteiger partial charge is 0.724 e. The Balaban J connectivity index is 1.31. The van der Waals surface area contributed by atoms with E-state index in [0.29, 0.717) is 49.9 Å². The highest BCUT2D eigenvalue weighted by molar-refractivity contribution is 7.80. The fraction of sp³-hybridized carbons (Fsp3) is 0.592. The van der Waals surface area contributed by atoms with Crippen LogP contribution >= 0.6 is 11.3 Å². The van der Waals surface area contributed by atoms with Gasteiger partial charge in [-0.1, -0.05) is 5.16 Å². The number of aromatic nitrogens is 3. The number of thiazole rings is 1. The van der Waals surface area contributed by atoms with E-state index in [9.17, 15) is 46.5 Å². The van der Waals surface area contributed by atoms with Gasteiger partial charge >= 0.3 is 24.2 Å². The number of nitrogens with one attached hydrogen (secondary N) is 4. The summed E-state index contributed by atoms with van der Waals surface area (Å²) < 4.78 is 69.7. The van der Waals surface area contributed by atoms with Crippen LogP contribution < -0.4 is 30.7 Å². The predicted octanol–water partition coefficient (Wildman–Crippen LogP) is 4.62. The molecule has 430 valence electrons. The van der Waals surface area contributed by atoms with Crippen LogP contribution in [0.25, 0.3) is 0 Å². The number of oxime groups is 1. The predicted molar refractivity (Wildman–Crippen MR) is 278 cm³/mol. The summed E-state index contributed by atoms with van der Waals surface area (Å²) in [4.78, 5) is 103. The number of hydrogen-bond donors (Lipinski definition) is 4. The number of hydrogen-bond acceptors (Lipinski definition) is 20. The van der Waals surface area contributed by atoms with Gasteiger partial charge in [0.05, 0.1) is 24.2 Å². The van der Waals surface area contributed by atoms with Crippen molar-refractivity contribution in [1.82, 2.24) is 30.3 Å². The molecule has 0 bridgehead atoms. The van der Waals surface area contributed by atoms with Crippen molar-refractivity contribution in [3.05, 3.63) is 53.3 Å². The monoisotopic (exact) mass is 1130 g/mol. The maximum absolute atomic E-state index is 14.0. The van der Waals surface area contributed by atoms with E-state index in [0.717, 1.165) is 11.3 Å². The maximum Gasteiger partial charge on any atom is 0.413 e. The molecule has 2 aromatic heterocycles. The molecule has 0 saturated carbocycles. The molecule has 4 N–H and O–H groups in total. The van der Waals surface area contributed by atoms with Gasteiger partial charge in [0, 0.05) is 30.6 Å². The van der Waals surface area contributed by atoms with Gasteiger partial charge < -0.3 is 53.9 Å². The summed E-state index contributed by atoms with van der Waals surface area (Å²) >= 11 is 0.856. The average Bonchev–Trinajstić information content (AvgIpc) is 3.88. The second-order valence-electron chi connectivity index (χ2n) is 22.7. The Bertz CT molecular complexity index is 2830. The second-order valence-corrected chi connectivity index (χ2v) is 24.6. The van der Waals surface area contributed by atoms with Gasteiger partial charge in [-0.15, -0.1) is 16.0 Å². The first-order valence-corrected chi connectivity index (χ1v) is 26.9. The molecular weight excluding hydrogens is 1060 g/mol. The number of esters is 1. The molecule has 2 aliphatic heterocycles. The van der Waals surface area contributed by atoms with Crippen molar-refractivity contribution in [3.8, 4) is 5.75 Å². The van der Waals surface area contributed by atoms with Crippen LogP contribution in [0.1, 0.15) is 119 Å². The Morgan fingerprint density at radius 1 is 0.872 bits per heavy atom. The molecule has 78 heavy (non-hydrogen) atoms. The number of nitrogens with zero attached hydrogens (tertiary/aromatic N) is 6. The fourth-order valence-electron chi connectivity index (χ4n) is 7.24. The number of hydroxylamine groups is 2. The molecule has 2 aliphatic rings. The van der Waals surface area contributed by atoms with Crippen LogP contribution in [0.3, 0.4) is 0 Å². The molecule has 0 spiro atoms. The fourth-order valence-corrected chi connectivity index (χ4v) is 8.37. The molecular formula is C49H70N10O17S2. The normalized spacial score (nSPS) is 16.4. The maximum atomic E-state index is 14.0. The zero-order chi connectivity index (χ0) is 58.3. The minimum Gasteiger partial charge on any atom is -0.724 e. The minimum absolute atomic E-state index is 0.0497. The van der Waals surface area contributed by atoms with Crippen molar-refractivity contribution in [1.29, 1.82) is 0 Å². The standard InChI is InChI=1S/C49H70N10O17S2/c1-45(2,3)71-40(63)34(75-55-35(33-28-77-41(52-33)54-43(65)73-47(7,8)9)38(61)53-36-39(62)59(49(36,13)14)76-78(67,68)69)27-70-32-18-16-30(17-19-32)37(60)51-31-25-57(21-15-20-50-42(64)72-46(4,5)6)58(26-31)24-29-22-56(23-29)44(66)74-48(10,11)12/h16-19,25-26,28-29,34,36H,15,20-24,27H2,1-14H3,(H4-,50,51,52,53,54,60,61,64,65,67,68,69)/b55-35-/t34-,36+/m0/s1. The van der Waals surface area contributed by atoms with E-state index in [-0.39, 0.29) is 28.1 Å². The molecule has 0 radical (unpaired) electrons. The first-order valence-electron chi connectivity index (χ1n) is 24.7. The van der Waals surface area contributed by atoms with E-state index in [2.05, 4.69) is 35.7 Å². The molecule has 4 heterocycles. The number of amides is 6. The van der Waals surface area contributed by atoms with Gasteiger partial charge in [-0.25, -0.2) is 32.6 Å². The Morgan fingerprint density at radius 2 is 1.47 bits per heavy atom. The van der Waals surface area contributed by atoms with E-state index in [1.165, 1.54) is 43.5 Å².